The topological polar surface area (TPSA) is 76.1 Å². The molecule has 2 rings (SSSR count). The minimum absolute atomic E-state index is 0.166. The number of carboxylic acids is 1. The summed E-state index contributed by atoms with van der Waals surface area (Å²) in [6.45, 7) is 7.72. The maximum atomic E-state index is 12.0. The van der Waals surface area contributed by atoms with Gasteiger partial charge in [0, 0.05) is 0 Å². The standard InChI is InChI=1S/C17H23NO5/c1-12-5-7-13(8-6-12)22-17(9-14(19)20)10-18(11-17)15(21)23-16(2,3)4/h5-8H,9-11H2,1-4H3,(H,19,20). The van der Waals surface area contributed by atoms with Crippen LogP contribution >= 0.6 is 0 Å². The Morgan fingerprint density at radius 1 is 1.22 bits per heavy atom. The third kappa shape index (κ3) is 4.61. The molecule has 1 amide bonds. The van der Waals surface area contributed by atoms with E-state index >= 15 is 0 Å². The van der Waals surface area contributed by atoms with E-state index in [0.29, 0.717) is 5.75 Å². The Balaban J connectivity index is 2.04. The molecule has 126 valence electrons. The fourth-order valence-corrected chi connectivity index (χ4v) is 2.45. The first-order valence-electron chi connectivity index (χ1n) is 7.54. The van der Waals surface area contributed by atoms with Crippen LogP contribution in [0.5, 0.6) is 5.75 Å². The molecule has 6 nitrogen and oxygen atoms in total. The number of ether oxygens (including phenoxy) is 2. The summed E-state index contributed by atoms with van der Waals surface area (Å²) < 4.78 is 11.2. The first kappa shape index (κ1) is 17.1. The van der Waals surface area contributed by atoms with Gasteiger partial charge in [-0.05, 0) is 39.8 Å². The number of aryl methyl sites for hydroxylation is 1. The second-order valence-corrected chi connectivity index (χ2v) is 7.01. The van der Waals surface area contributed by atoms with Gasteiger partial charge in [-0.1, -0.05) is 17.7 Å². The van der Waals surface area contributed by atoms with E-state index in [-0.39, 0.29) is 19.5 Å². The Morgan fingerprint density at radius 3 is 2.26 bits per heavy atom. The van der Waals surface area contributed by atoms with Crippen LogP contribution in [-0.4, -0.2) is 46.4 Å². The van der Waals surface area contributed by atoms with Crippen LogP contribution in [0.15, 0.2) is 24.3 Å². The van der Waals surface area contributed by atoms with E-state index in [9.17, 15) is 9.59 Å². The number of aliphatic carboxylic acids is 1. The molecule has 1 aliphatic rings. The molecule has 1 N–H and O–H groups in total. The molecular weight excluding hydrogens is 298 g/mol. The number of carbonyl (C=O) groups is 2. The minimum Gasteiger partial charge on any atom is -0.483 e. The summed E-state index contributed by atoms with van der Waals surface area (Å²) in [5.41, 5.74) is -0.397. The van der Waals surface area contributed by atoms with Crippen molar-refractivity contribution in [1.29, 1.82) is 0 Å². The Bertz CT molecular complexity index is 582. The van der Waals surface area contributed by atoms with E-state index in [2.05, 4.69) is 0 Å². The Labute approximate surface area is 136 Å². The fourth-order valence-electron chi connectivity index (χ4n) is 2.45. The van der Waals surface area contributed by atoms with E-state index < -0.39 is 23.3 Å². The Morgan fingerprint density at radius 2 is 1.78 bits per heavy atom. The van der Waals surface area contributed by atoms with Gasteiger partial charge in [0.15, 0.2) is 5.60 Å². The van der Waals surface area contributed by atoms with Crippen molar-refractivity contribution in [2.45, 2.75) is 45.3 Å². The molecule has 6 heteroatoms. The van der Waals surface area contributed by atoms with Gasteiger partial charge < -0.3 is 14.6 Å². The zero-order chi connectivity index (χ0) is 17.3. The van der Waals surface area contributed by atoms with Crippen LogP contribution in [0.4, 0.5) is 4.79 Å². The molecule has 0 aliphatic carbocycles. The van der Waals surface area contributed by atoms with Crippen LogP contribution in [0.25, 0.3) is 0 Å². The normalized spacial score (nSPS) is 16.4. The SMILES string of the molecule is Cc1ccc(OC2(CC(=O)O)CN(C(=O)OC(C)(C)C)C2)cc1. The number of nitrogens with zero attached hydrogens (tertiary/aromatic N) is 1. The first-order valence-corrected chi connectivity index (χ1v) is 7.54. The number of amides is 1. The molecule has 1 fully saturated rings. The highest BCUT2D eigenvalue weighted by molar-refractivity contribution is 5.72. The number of carbonyl (C=O) groups excluding carboxylic acids is 1. The monoisotopic (exact) mass is 321 g/mol. The first-order chi connectivity index (χ1) is 10.6. The third-order valence-electron chi connectivity index (χ3n) is 3.44. The van der Waals surface area contributed by atoms with Gasteiger partial charge in [-0.25, -0.2) is 4.79 Å². The highest BCUT2D eigenvalue weighted by Gasteiger charge is 2.50. The van der Waals surface area contributed by atoms with Crippen molar-refractivity contribution in [3.8, 4) is 5.75 Å². The van der Waals surface area contributed by atoms with Crippen molar-refractivity contribution in [3.63, 3.8) is 0 Å². The summed E-state index contributed by atoms with van der Waals surface area (Å²) in [6, 6.07) is 7.40. The predicted octanol–water partition coefficient (Wildman–Crippen LogP) is 2.84. The van der Waals surface area contributed by atoms with Crippen LogP contribution in [-0.2, 0) is 9.53 Å². The number of likely N-dealkylation sites (tertiary alicyclic amines) is 1. The highest BCUT2D eigenvalue weighted by atomic mass is 16.6. The zero-order valence-corrected chi connectivity index (χ0v) is 14.0. The lowest BCUT2D eigenvalue weighted by Gasteiger charge is -2.48. The molecule has 0 radical (unpaired) electrons. The second kappa shape index (κ2) is 6.10. The van der Waals surface area contributed by atoms with Crippen molar-refractivity contribution in [2.75, 3.05) is 13.1 Å². The van der Waals surface area contributed by atoms with E-state index in [1.807, 2.05) is 19.1 Å². The summed E-state index contributed by atoms with van der Waals surface area (Å²) >= 11 is 0. The molecular formula is C17H23NO5. The number of hydrogen-bond donors (Lipinski definition) is 1. The molecule has 0 saturated carbocycles. The summed E-state index contributed by atoms with van der Waals surface area (Å²) in [5, 5.41) is 9.13. The molecule has 23 heavy (non-hydrogen) atoms. The third-order valence-corrected chi connectivity index (χ3v) is 3.44. The number of hydrogen-bond acceptors (Lipinski definition) is 4. The number of carboxylic acid groups (broad SMARTS) is 1. The molecule has 1 saturated heterocycles. The maximum Gasteiger partial charge on any atom is 0.410 e. The highest BCUT2D eigenvalue weighted by Crippen LogP contribution is 2.32. The largest absolute Gasteiger partial charge is 0.483 e. The lowest BCUT2D eigenvalue weighted by Crippen LogP contribution is -2.67. The number of rotatable bonds is 4. The molecule has 1 aromatic rings. The van der Waals surface area contributed by atoms with Gasteiger partial charge in [-0.3, -0.25) is 9.69 Å². The minimum atomic E-state index is -0.957. The maximum absolute atomic E-state index is 12.0. The van der Waals surface area contributed by atoms with Crippen molar-refractivity contribution in [1.82, 2.24) is 4.90 Å². The fraction of sp³-hybridized carbons (Fsp3) is 0.529. The van der Waals surface area contributed by atoms with E-state index in [1.165, 1.54) is 4.90 Å². The lowest BCUT2D eigenvalue weighted by atomic mass is 9.90. The molecule has 1 heterocycles. The van der Waals surface area contributed by atoms with Gasteiger partial charge in [-0.15, -0.1) is 0 Å². The summed E-state index contributed by atoms with van der Waals surface area (Å²) in [6.07, 6.45) is -0.619. The van der Waals surface area contributed by atoms with Crippen molar-refractivity contribution < 1.29 is 24.2 Å². The van der Waals surface area contributed by atoms with Crippen LogP contribution in [0, 0.1) is 6.92 Å². The van der Waals surface area contributed by atoms with Gasteiger partial charge in [0.1, 0.15) is 11.4 Å². The number of benzene rings is 1. The molecule has 1 aliphatic heterocycles. The lowest BCUT2D eigenvalue weighted by molar-refractivity contribution is -0.149. The van der Waals surface area contributed by atoms with Crippen LogP contribution in [0.2, 0.25) is 0 Å². The molecule has 0 bridgehead atoms. The average Bonchev–Trinajstić information content (AvgIpc) is 2.35. The summed E-state index contributed by atoms with van der Waals surface area (Å²) in [7, 11) is 0. The quantitative estimate of drug-likeness (QED) is 0.923. The summed E-state index contributed by atoms with van der Waals surface area (Å²) in [5.74, 6) is -0.360. The van der Waals surface area contributed by atoms with Gasteiger partial charge >= 0.3 is 12.1 Å². The van der Waals surface area contributed by atoms with Crippen molar-refractivity contribution >= 4 is 12.1 Å². The van der Waals surface area contributed by atoms with E-state index in [1.54, 1.807) is 32.9 Å². The Kier molecular flexibility index (Phi) is 4.54. The molecule has 0 atom stereocenters. The molecule has 0 unspecified atom stereocenters. The molecule has 1 aromatic carbocycles. The van der Waals surface area contributed by atoms with Gasteiger partial charge in [0.2, 0.25) is 0 Å². The summed E-state index contributed by atoms with van der Waals surface area (Å²) in [4.78, 5) is 24.6. The van der Waals surface area contributed by atoms with Gasteiger partial charge in [0.05, 0.1) is 19.5 Å². The van der Waals surface area contributed by atoms with Crippen LogP contribution < -0.4 is 4.74 Å². The predicted molar refractivity (Wildman–Crippen MR) is 84.6 cm³/mol. The average molecular weight is 321 g/mol. The van der Waals surface area contributed by atoms with Crippen LogP contribution in [0.1, 0.15) is 32.8 Å². The molecule has 0 spiro atoms. The van der Waals surface area contributed by atoms with Crippen molar-refractivity contribution in [3.05, 3.63) is 29.8 Å². The van der Waals surface area contributed by atoms with E-state index in [4.69, 9.17) is 14.6 Å². The van der Waals surface area contributed by atoms with Gasteiger partial charge in [-0.2, -0.15) is 0 Å². The van der Waals surface area contributed by atoms with Crippen molar-refractivity contribution in [2.24, 2.45) is 0 Å². The van der Waals surface area contributed by atoms with Gasteiger partial charge in [0.25, 0.3) is 0 Å². The molecule has 0 aromatic heterocycles. The van der Waals surface area contributed by atoms with E-state index in [0.717, 1.165) is 5.56 Å². The zero-order valence-electron chi connectivity index (χ0n) is 14.0. The van der Waals surface area contributed by atoms with Crippen LogP contribution in [0.3, 0.4) is 0 Å². The Hall–Kier alpha value is -2.24. The second-order valence-electron chi connectivity index (χ2n) is 7.01. The smallest absolute Gasteiger partial charge is 0.410 e.